The highest BCUT2D eigenvalue weighted by molar-refractivity contribution is 9.12. The van der Waals surface area contributed by atoms with Crippen LogP contribution >= 0.6 is 27.5 Å². The highest BCUT2D eigenvalue weighted by atomic mass is 79.9. The Bertz CT molecular complexity index is 875. The maximum absolute atomic E-state index is 6.54. The van der Waals surface area contributed by atoms with Crippen LogP contribution in [0, 0.1) is 0 Å². The molecule has 0 N–H and O–H groups in total. The van der Waals surface area contributed by atoms with Gasteiger partial charge in [0.1, 0.15) is 11.4 Å². The molecule has 0 bridgehead atoms. The third-order valence-electron chi connectivity index (χ3n) is 4.07. The lowest BCUT2D eigenvalue weighted by atomic mass is 9.97. The van der Waals surface area contributed by atoms with Crippen molar-refractivity contribution in [1.82, 2.24) is 9.88 Å². The molecule has 3 nitrogen and oxygen atoms in total. The lowest BCUT2D eigenvalue weighted by Crippen LogP contribution is -2.25. The molecule has 0 fully saturated rings. The normalized spacial score (nSPS) is 14.6. The first kappa shape index (κ1) is 17.8. The van der Waals surface area contributed by atoms with Gasteiger partial charge in [0.2, 0.25) is 0 Å². The van der Waals surface area contributed by atoms with E-state index in [2.05, 4.69) is 57.5 Å². The molecule has 0 amide bonds. The number of aromatic nitrogens is 1. The molecule has 1 aromatic heterocycles. The van der Waals surface area contributed by atoms with Crippen LogP contribution in [-0.2, 0) is 0 Å². The summed E-state index contributed by atoms with van der Waals surface area (Å²) in [5, 5.41) is 0.542. The smallest absolute Gasteiger partial charge is 0.138 e. The summed E-state index contributed by atoms with van der Waals surface area (Å²) in [6.07, 6.45) is 3.75. The highest BCUT2D eigenvalue weighted by Crippen LogP contribution is 2.42. The molecule has 0 unspecified atom stereocenters. The second kappa shape index (κ2) is 7.46. The van der Waals surface area contributed by atoms with Crippen LogP contribution in [-0.4, -0.2) is 23.5 Å². The van der Waals surface area contributed by atoms with Crippen molar-refractivity contribution in [3.63, 3.8) is 0 Å². The van der Waals surface area contributed by atoms with Crippen LogP contribution in [0.5, 0.6) is 5.75 Å². The quantitative estimate of drug-likeness (QED) is 0.634. The molecule has 2 heterocycles. The van der Waals surface area contributed by atoms with Gasteiger partial charge in [0, 0.05) is 28.4 Å². The van der Waals surface area contributed by atoms with Crippen molar-refractivity contribution in [3.05, 3.63) is 81.7 Å². The van der Waals surface area contributed by atoms with Crippen molar-refractivity contribution in [2.75, 3.05) is 13.7 Å². The van der Waals surface area contributed by atoms with Crippen LogP contribution in [0.25, 0.3) is 11.3 Å². The van der Waals surface area contributed by atoms with Crippen LogP contribution in [0.2, 0.25) is 5.02 Å². The standard InChI is InChI=1S/C20H18BrClN2O/c1-4-24-13(2)17(21)11-16(14-8-6-5-7-9-14)20(24)19-18(22)10-15(25-3)12-23-19/h5-12H,2,4H2,1,3H3. The second-order valence-corrected chi connectivity index (χ2v) is 6.78. The minimum Gasteiger partial charge on any atom is -0.495 e. The Morgan fingerprint density at radius 3 is 2.60 bits per heavy atom. The zero-order valence-corrected chi connectivity index (χ0v) is 16.4. The summed E-state index contributed by atoms with van der Waals surface area (Å²) in [7, 11) is 1.60. The van der Waals surface area contributed by atoms with E-state index in [9.17, 15) is 0 Å². The van der Waals surface area contributed by atoms with E-state index in [1.54, 1.807) is 19.4 Å². The number of hydrogen-bond acceptors (Lipinski definition) is 3. The van der Waals surface area contributed by atoms with E-state index in [-0.39, 0.29) is 0 Å². The van der Waals surface area contributed by atoms with Gasteiger partial charge in [-0.15, -0.1) is 0 Å². The summed E-state index contributed by atoms with van der Waals surface area (Å²) in [6.45, 7) is 7.02. The monoisotopic (exact) mass is 416 g/mol. The van der Waals surface area contributed by atoms with Crippen molar-refractivity contribution in [3.8, 4) is 5.75 Å². The zero-order chi connectivity index (χ0) is 18.0. The van der Waals surface area contributed by atoms with Gasteiger partial charge < -0.3 is 9.64 Å². The summed E-state index contributed by atoms with van der Waals surface area (Å²) in [4.78, 5) is 6.68. The van der Waals surface area contributed by atoms with Crippen LogP contribution in [0.1, 0.15) is 18.2 Å². The Morgan fingerprint density at radius 1 is 1.28 bits per heavy atom. The molecule has 0 saturated carbocycles. The Kier molecular flexibility index (Phi) is 5.30. The van der Waals surface area contributed by atoms with Crippen LogP contribution in [0.3, 0.4) is 0 Å². The predicted octanol–water partition coefficient (Wildman–Crippen LogP) is 5.74. The summed E-state index contributed by atoms with van der Waals surface area (Å²) < 4.78 is 6.17. The van der Waals surface area contributed by atoms with E-state index >= 15 is 0 Å². The number of methoxy groups -OCH3 is 1. The molecule has 0 spiro atoms. The molecular weight excluding hydrogens is 400 g/mol. The average molecular weight is 418 g/mol. The van der Waals surface area contributed by atoms with Gasteiger partial charge in [-0.3, -0.25) is 0 Å². The number of likely N-dealkylation sites (N-methyl/N-ethyl adjacent to an activating group) is 1. The number of rotatable bonds is 4. The third-order valence-corrected chi connectivity index (χ3v) is 5.05. The largest absolute Gasteiger partial charge is 0.495 e. The summed E-state index contributed by atoms with van der Waals surface area (Å²) in [5.41, 5.74) is 4.66. The Balaban J connectivity index is 2.29. The molecule has 1 aliphatic heterocycles. The average Bonchev–Trinajstić information content (AvgIpc) is 2.64. The number of nitrogens with zero attached hydrogens (tertiary/aromatic N) is 2. The number of ether oxygens (including phenoxy) is 1. The van der Waals surface area contributed by atoms with Gasteiger partial charge in [0.15, 0.2) is 0 Å². The third kappa shape index (κ3) is 3.37. The molecule has 3 rings (SSSR count). The molecule has 2 aromatic rings. The molecule has 0 aliphatic carbocycles. The number of hydrogen-bond donors (Lipinski definition) is 0. The van der Waals surface area contributed by atoms with E-state index < -0.39 is 0 Å². The van der Waals surface area contributed by atoms with Crippen molar-refractivity contribution < 1.29 is 4.74 Å². The maximum Gasteiger partial charge on any atom is 0.138 e. The molecule has 128 valence electrons. The molecule has 25 heavy (non-hydrogen) atoms. The topological polar surface area (TPSA) is 25.4 Å². The fraction of sp³-hybridized carbons (Fsp3) is 0.150. The van der Waals surface area contributed by atoms with Crippen molar-refractivity contribution in [2.24, 2.45) is 0 Å². The Morgan fingerprint density at radius 2 is 2.00 bits per heavy atom. The minimum atomic E-state index is 0.542. The molecule has 0 atom stereocenters. The van der Waals surface area contributed by atoms with Crippen LogP contribution < -0.4 is 4.74 Å². The van der Waals surface area contributed by atoms with Crippen molar-refractivity contribution in [2.45, 2.75) is 6.92 Å². The molecule has 1 aromatic carbocycles. The molecular formula is C20H18BrClN2O. The van der Waals surface area contributed by atoms with Gasteiger partial charge in [-0.05, 0) is 34.5 Å². The number of pyridine rings is 1. The van der Waals surface area contributed by atoms with E-state index in [1.165, 1.54) is 0 Å². The fourth-order valence-electron chi connectivity index (χ4n) is 2.84. The summed E-state index contributed by atoms with van der Waals surface area (Å²) in [5.74, 6) is 0.630. The second-order valence-electron chi connectivity index (χ2n) is 5.52. The zero-order valence-electron chi connectivity index (χ0n) is 14.1. The van der Waals surface area contributed by atoms with Gasteiger partial charge in [-0.2, -0.15) is 0 Å². The van der Waals surface area contributed by atoms with Crippen molar-refractivity contribution in [1.29, 1.82) is 0 Å². The van der Waals surface area contributed by atoms with Gasteiger partial charge in [0.05, 0.1) is 24.0 Å². The lowest BCUT2D eigenvalue weighted by molar-refractivity contribution is 0.412. The first-order valence-corrected chi connectivity index (χ1v) is 9.07. The van der Waals surface area contributed by atoms with Crippen LogP contribution in [0.15, 0.2) is 65.4 Å². The maximum atomic E-state index is 6.54. The summed E-state index contributed by atoms with van der Waals surface area (Å²) >= 11 is 10.2. The van der Waals surface area contributed by atoms with Crippen LogP contribution in [0.4, 0.5) is 0 Å². The predicted molar refractivity (Wildman–Crippen MR) is 108 cm³/mol. The van der Waals surface area contributed by atoms with Crippen molar-refractivity contribution >= 4 is 38.8 Å². The first-order chi connectivity index (χ1) is 12.1. The molecule has 0 saturated heterocycles. The summed E-state index contributed by atoms with van der Waals surface area (Å²) in [6, 6.07) is 12.0. The first-order valence-electron chi connectivity index (χ1n) is 7.90. The van der Waals surface area contributed by atoms with Gasteiger partial charge in [-0.25, -0.2) is 4.98 Å². The van der Waals surface area contributed by atoms with E-state index in [4.69, 9.17) is 16.3 Å². The Labute approximate surface area is 161 Å². The number of benzene rings is 1. The number of allylic oxidation sites excluding steroid dienone is 3. The fourth-order valence-corrected chi connectivity index (χ4v) is 3.52. The number of halogens is 2. The molecule has 0 radical (unpaired) electrons. The lowest BCUT2D eigenvalue weighted by Gasteiger charge is -2.33. The van der Waals surface area contributed by atoms with Gasteiger partial charge >= 0.3 is 0 Å². The SMILES string of the molecule is C=C1C(Br)=CC(c2ccccc2)=C(c2ncc(OC)cc2Cl)N1CC. The van der Waals surface area contributed by atoms with E-state index in [0.29, 0.717) is 16.5 Å². The van der Waals surface area contributed by atoms with Gasteiger partial charge in [0.25, 0.3) is 0 Å². The Hall–Kier alpha value is -2.04. The minimum absolute atomic E-state index is 0.542. The molecule has 5 heteroatoms. The van der Waals surface area contributed by atoms with Gasteiger partial charge in [-0.1, -0.05) is 48.5 Å². The van der Waals surface area contributed by atoms with E-state index in [1.807, 2.05) is 18.2 Å². The highest BCUT2D eigenvalue weighted by Gasteiger charge is 2.27. The van der Waals surface area contributed by atoms with E-state index in [0.717, 1.165) is 33.6 Å². The molecule has 1 aliphatic rings.